The second kappa shape index (κ2) is 5.35. The van der Waals surface area contributed by atoms with Crippen LogP contribution in [-0.4, -0.2) is 19.0 Å². The van der Waals surface area contributed by atoms with Crippen molar-refractivity contribution in [2.45, 2.75) is 19.9 Å². The Bertz CT molecular complexity index is 99.1. The van der Waals surface area contributed by atoms with Crippen LogP contribution in [0.25, 0.3) is 0 Å². The average Bonchev–Trinajstić information content (AvgIpc) is 1.89. The van der Waals surface area contributed by atoms with Gasteiger partial charge in [0.25, 0.3) is 0 Å². The SMILES string of the molecule is C=CC(C)N=COCC. The third kappa shape index (κ3) is 5.07. The van der Waals surface area contributed by atoms with Crippen LogP contribution >= 0.6 is 0 Å². The van der Waals surface area contributed by atoms with E-state index in [2.05, 4.69) is 11.6 Å². The van der Waals surface area contributed by atoms with E-state index in [0.29, 0.717) is 6.61 Å². The highest BCUT2D eigenvalue weighted by Gasteiger charge is 1.84. The van der Waals surface area contributed by atoms with Crippen molar-refractivity contribution in [3.63, 3.8) is 0 Å². The molecule has 0 aromatic carbocycles. The van der Waals surface area contributed by atoms with Crippen molar-refractivity contribution in [1.29, 1.82) is 0 Å². The Morgan fingerprint density at radius 1 is 1.78 bits per heavy atom. The highest BCUT2D eigenvalue weighted by molar-refractivity contribution is 5.46. The maximum absolute atomic E-state index is 4.87. The van der Waals surface area contributed by atoms with Gasteiger partial charge < -0.3 is 4.74 Å². The summed E-state index contributed by atoms with van der Waals surface area (Å²) >= 11 is 0. The van der Waals surface area contributed by atoms with E-state index < -0.39 is 0 Å². The molecule has 2 heteroatoms. The number of rotatable bonds is 4. The van der Waals surface area contributed by atoms with Crippen LogP contribution in [0.2, 0.25) is 0 Å². The molecule has 2 nitrogen and oxygen atoms in total. The molecule has 0 heterocycles. The van der Waals surface area contributed by atoms with Crippen molar-refractivity contribution in [2.75, 3.05) is 6.61 Å². The average molecular weight is 127 g/mol. The molecule has 0 bridgehead atoms. The minimum Gasteiger partial charge on any atom is -0.484 e. The van der Waals surface area contributed by atoms with E-state index in [0.717, 1.165) is 0 Å². The van der Waals surface area contributed by atoms with Crippen molar-refractivity contribution >= 4 is 6.40 Å². The molecular weight excluding hydrogens is 114 g/mol. The zero-order valence-electron chi connectivity index (χ0n) is 6.00. The van der Waals surface area contributed by atoms with E-state index in [-0.39, 0.29) is 6.04 Å². The molecule has 52 valence electrons. The Morgan fingerprint density at radius 2 is 2.44 bits per heavy atom. The zero-order chi connectivity index (χ0) is 7.11. The van der Waals surface area contributed by atoms with Gasteiger partial charge in [0.05, 0.1) is 12.6 Å². The molecule has 1 unspecified atom stereocenters. The quantitative estimate of drug-likeness (QED) is 0.319. The van der Waals surface area contributed by atoms with Crippen molar-refractivity contribution in [3.05, 3.63) is 12.7 Å². The van der Waals surface area contributed by atoms with Crippen LogP contribution in [0.4, 0.5) is 0 Å². The standard InChI is InChI=1S/C7H13NO/c1-4-7(3)8-6-9-5-2/h4,6-7H,1,5H2,2-3H3. The number of hydrogen-bond acceptors (Lipinski definition) is 2. The van der Waals surface area contributed by atoms with Gasteiger partial charge in [0.15, 0.2) is 6.40 Å². The maximum Gasteiger partial charge on any atom is 0.169 e. The van der Waals surface area contributed by atoms with Gasteiger partial charge >= 0.3 is 0 Å². The smallest absolute Gasteiger partial charge is 0.169 e. The molecule has 0 aliphatic rings. The molecule has 0 saturated carbocycles. The summed E-state index contributed by atoms with van der Waals surface area (Å²) in [7, 11) is 0. The lowest BCUT2D eigenvalue weighted by molar-refractivity contribution is 0.341. The summed E-state index contributed by atoms with van der Waals surface area (Å²) in [5, 5.41) is 0. The van der Waals surface area contributed by atoms with Gasteiger partial charge in [0.1, 0.15) is 0 Å². The first kappa shape index (κ1) is 8.21. The Kier molecular flexibility index (Phi) is 4.88. The molecule has 0 radical (unpaired) electrons. The Hall–Kier alpha value is -0.790. The molecule has 0 aliphatic carbocycles. The van der Waals surface area contributed by atoms with Gasteiger partial charge in [-0.3, -0.25) is 4.99 Å². The summed E-state index contributed by atoms with van der Waals surface area (Å²) in [5.74, 6) is 0. The van der Waals surface area contributed by atoms with Crippen LogP contribution in [-0.2, 0) is 4.74 Å². The third-order valence-electron chi connectivity index (χ3n) is 0.878. The molecule has 0 aliphatic heterocycles. The lowest BCUT2D eigenvalue weighted by Gasteiger charge is -1.95. The van der Waals surface area contributed by atoms with E-state index in [1.165, 1.54) is 6.40 Å². The summed E-state index contributed by atoms with van der Waals surface area (Å²) in [4.78, 5) is 3.97. The predicted molar refractivity (Wildman–Crippen MR) is 39.8 cm³/mol. The van der Waals surface area contributed by atoms with Gasteiger partial charge in [-0.05, 0) is 13.8 Å². The van der Waals surface area contributed by atoms with Gasteiger partial charge in [-0.25, -0.2) is 0 Å². The minimum absolute atomic E-state index is 0.163. The van der Waals surface area contributed by atoms with E-state index in [4.69, 9.17) is 4.74 Å². The lowest BCUT2D eigenvalue weighted by Crippen LogP contribution is -1.93. The van der Waals surface area contributed by atoms with Gasteiger partial charge in [-0.2, -0.15) is 0 Å². The van der Waals surface area contributed by atoms with Gasteiger partial charge in [-0.15, -0.1) is 6.58 Å². The molecule has 0 N–H and O–H groups in total. The molecule has 9 heavy (non-hydrogen) atoms. The second-order valence-corrected chi connectivity index (χ2v) is 1.69. The highest BCUT2D eigenvalue weighted by Crippen LogP contribution is 1.86. The molecule has 0 saturated heterocycles. The Morgan fingerprint density at radius 3 is 2.89 bits per heavy atom. The summed E-state index contributed by atoms with van der Waals surface area (Å²) in [6.07, 6.45) is 3.22. The summed E-state index contributed by atoms with van der Waals surface area (Å²) < 4.78 is 4.87. The normalized spacial score (nSPS) is 13.6. The molecule has 0 spiro atoms. The summed E-state index contributed by atoms with van der Waals surface area (Å²) in [6.45, 7) is 8.11. The molecule has 0 aromatic rings. The zero-order valence-corrected chi connectivity index (χ0v) is 6.00. The largest absolute Gasteiger partial charge is 0.484 e. The molecule has 0 fully saturated rings. The fraction of sp³-hybridized carbons (Fsp3) is 0.571. The topological polar surface area (TPSA) is 21.6 Å². The van der Waals surface area contributed by atoms with Crippen molar-refractivity contribution in [2.24, 2.45) is 4.99 Å². The fourth-order valence-electron chi connectivity index (χ4n) is 0.274. The van der Waals surface area contributed by atoms with E-state index in [1.54, 1.807) is 6.08 Å². The molecular formula is C7H13NO. The maximum atomic E-state index is 4.87. The van der Waals surface area contributed by atoms with E-state index in [1.807, 2.05) is 13.8 Å². The van der Waals surface area contributed by atoms with Crippen LogP contribution in [0.1, 0.15) is 13.8 Å². The predicted octanol–water partition coefficient (Wildman–Crippen LogP) is 1.63. The van der Waals surface area contributed by atoms with Crippen LogP contribution in [0.15, 0.2) is 17.6 Å². The molecule has 0 rings (SSSR count). The monoisotopic (exact) mass is 127 g/mol. The van der Waals surface area contributed by atoms with Crippen molar-refractivity contribution < 1.29 is 4.74 Å². The third-order valence-corrected chi connectivity index (χ3v) is 0.878. The van der Waals surface area contributed by atoms with Crippen LogP contribution < -0.4 is 0 Å². The first-order valence-electron chi connectivity index (χ1n) is 3.07. The highest BCUT2D eigenvalue weighted by atomic mass is 16.5. The molecule has 0 amide bonds. The van der Waals surface area contributed by atoms with Gasteiger partial charge in [0, 0.05) is 0 Å². The first-order valence-corrected chi connectivity index (χ1v) is 3.07. The second-order valence-electron chi connectivity index (χ2n) is 1.69. The minimum atomic E-state index is 0.163. The van der Waals surface area contributed by atoms with E-state index >= 15 is 0 Å². The summed E-state index contributed by atoms with van der Waals surface area (Å²) in [5.41, 5.74) is 0. The molecule has 1 atom stereocenters. The van der Waals surface area contributed by atoms with Crippen molar-refractivity contribution in [3.8, 4) is 0 Å². The van der Waals surface area contributed by atoms with Crippen molar-refractivity contribution in [1.82, 2.24) is 0 Å². The fourth-order valence-corrected chi connectivity index (χ4v) is 0.274. The number of ether oxygens (including phenoxy) is 1. The van der Waals surface area contributed by atoms with Gasteiger partial charge in [-0.1, -0.05) is 6.08 Å². The van der Waals surface area contributed by atoms with Crippen LogP contribution in [0, 0.1) is 0 Å². The number of nitrogens with zero attached hydrogens (tertiary/aromatic N) is 1. The molecule has 0 aromatic heterocycles. The summed E-state index contributed by atoms with van der Waals surface area (Å²) in [6, 6.07) is 0.163. The lowest BCUT2D eigenvalue weighted by atomic mass is 10.4. The number of aliphatic imine (C=N–C) groups is 1. The first-order chi connectivity index (χ1) is 4.31. The van der Waals surface area contributed by atoms with Crippen LogP contribution in [0.3, 0.4) is 0 Å². The Balaban J connectivity index is 3.31. The van der Waals surface area contributed by atoms with Gasteiger partial charge in [0.2, 0.25) is 0 Å². The van der Waals surface area contributed by atoms with Crippen LogP contribution in [0.5, 0.6) is 0 Å². The van der Waals surface area contributed by atoms with E-state index in [9.17, 15) is 0 Å². The number of hydrogen-bond donors (Lipinski definition) is 0. The Labute approximate surface area is 56.2 Å².